The fourth-order valence-electron chi connectivity index (χ4n) is 2.88. The number of hydrogen-bond acceptors (Lipinski definition) is 5. The number of aryl methyl sites for hydroxylation is 3. The van der Waals surface area contributed by atoms with Gasteiger partial charge < -0.3 is 9.30 Å². The lowest BCUT2D eigenvalue weighted by molar-refractivity contribution is -0.143. The number of carbonyl (C=O) groups is 2. The van der Waals surface area contributed by atoms with Crippen molar-refractivity contribution in [2.75, 3.05) is 6.61 Å². The van der Waals surface area contributed by atoms with Gasteiger partial charge in [0.15, 0.2) is 10.5 Å². The summed E-state index contributed by atoms with van der Waals surface area (Å²) in [4.78, 5) is 29.4. The Hall–Kier alpha value is -2.74. The second-order valence-corrected chi connectivity index (χ2v) is 7.16. The molecule has 142 valence electrons. The van der Waals surface area contributed by atoms with E-state index >= 15 is 0 Å². The molecule has 0 fully saturated rings. The van der Waals surface area contributed by atoms with Gasteiger partial charge in [-0.25, -0.2) is 0 Å². The van der Waals surface area contributed by atoms with E-state index in [1.807, 2.05) is 26.8 Å². The van der Waals surface area contributed by atoms with Crippen LogP contribution in [-0.4, -0.2) is 32.8 Å². The van der Waals surface area contributed by atoms with Crippen molar-refractivity contribution < 1.29 is 14.3 Å². The van der Waals surface area contributed by atoms with Gasteiger partial charge in [0.25, 0.3) is 5.91 Å². The highest BCUT2D eigenvalue weighted by atomic mass is 32.1. The largest absolute Gasteiger partial charge is 0.465 e. The first-order valence-electron chi connectivity index (χ1n) is 8.81. The maximum absolute atomic E-state index is 12.6. The molecule has 8 heteroatoms. The summed E-state index contributed by atoms with van der Waals surface area (Å²) in [6, 6.07) is 5.71. The minimum atomic E-state index is -0.430. The molecule has 1 aromatic carbocycles. The molecule has 0 atom stereocenters. The number of rotatable bonds is 5. The van der Waals surface area contributed by atoms with Crippen LogP contribution in [0.1, 0.15) is 35.5 Å². The van der Waals surface area contributed by atoms with Crippen LogP contribution in [0.5, 0.6) is 0 Å². The van der Waals surface area contributed by atoms with Gasteiger partial charge in [0, 0.05) is 12.7 Å². The third kappa shape index (κ3) is 4.00. The Labute approximate surface area is 160 Å². The van der Waals surface area contributed by atoms with E-state index in [1.54, 1.807) is 28.4 Å². The molecule has 0 aliphatic carbocycles. The number of esters is 1. The Morgan fingerprint density at radius 3 is 2.70 bits per heavy atom. The highest BCUT2D eigenvalue weighted by Crippen LogP contribution is 2.23. The molecule has 0 spiro atoms. The molecule has 2 heterocycles. The van der Waals surface area contributed by atoms with Crippen LogP contribution in [0.3, 0.4) is 0 Å². The molecule has 0 radical (unpaired) electrons. The number of ether oxygens (including phenoxy) is 1. The zero-order valence-corrected chi connectivity index (χ0v) is 16.7. The van der Waals surface area contributed by atoms with Crippen LogP contribution in [0.25, 0.3) is 10.2 Å². The van der Waals surface area contributed by atoms with Gasteiger partial charge in [-0.3, -0.25) is 14.3 Å². The summed E-state index contributed by atoms with van der Waals surface area (Å²) in [5.41, 5.74) is 3.31. The van der Waals surface area contributed by atoms with Crippen LogP contribution in [0.2, 0.25) is 0 Å². The van der Waals surface area contributed by atoms with Crippen LogP contribution < -0.4 is 4.80 Å². The smallest absolute Gasteiger partial charge is 0.326 e. The van der Waals surface area contributed by atoms with Crippen molar-refractivity contribution in [3.63, 3.8) is 0 Å². The van der Waals surface area contributed by atoms with Gasteiger partial charge in [-0.05, 0) is 51.0 Å². The quantitative estimate of drug-likeness (QED) is 0.632. The molecular weight excluding hydrogens is 364 g/mol. The van der Waals surface area contributed by atoms with Crippen molar-refractivity contribution >= 4 is 33.4 Å². The molecule has 0 saturated heterocycles. The van der Waals surface area contributed by atoms with Crippen molar-refractivity contribution in [2.24, 2.45) is 4.99 Å². The molecule has 7 nitrogen and oxygen atoms in total. The van der Waals surface area contributed by atoms with Crippen molar-refractivity contribution in [3.8, 4) is 0 Å². The monoisotopic (exact) mass is 386 g/mol. The van der Waals surface area contributed by atoms with E-state index in [1.165, 1.54) is 11.3 Å². The first kappa shape index (κ1) is 19.0. The predicted molar refractivity (Wildman–Crippen MR) is 104 cm³/mol. The summed E-state index contributed by atoms with van der Waals surface area (Å²) in [7, 11) is 0. The number of carbonyl (C=O) groups excluding carboxylic acids is 2. The van der Waals surface area contributed by atoms with Gasteiger partial charge >= 0.3 is 5.97 Å². The number of fused-ring (bicyclic) bond motifs is 1. The third-order valence-corrected chi connectivity index (χ3v) is 5.32. The Morgan fingerprint density at radius 1 is 1.26 bits per heavy atom. The van der Waals surface area contributed by atoms with E-state index in [4.69, 9.17) is 4.74 Å². The molecule has 1 amide bonds. The highest BCUT2D eigenvalue weighted by molar-refractivity contribution is 7.16. The van der Waals surface area contributed by atoms with E-state index in [0.717, 1.165) is 21.3 Å². The van der Waals surface area contributed by atoms with Crippen molar-refractivity contribution in [3.05, 3.63) is 46.0 Å². The van der Waals surface area contributed by atoms with Gasteiger partial charge in [-0.1, -0.05) is 17.4 Å². The molecule has 0 bridgehead atoms. The van der Waals surface area contributed by atoms with E-state index in [-0.39, 0.29) is 18.2 Å². The summed E-state index contributed by atoms with van der Waals surface area (Å²) in [5, 5.41) is 4.21. The third-order valence-electron chi connectivity index (χ3n) is 4.09. The van der Waals surface area contributed by atoms with E-state index in [9.17, 15) is 9.59 Å². The SMILES string of the molecule is CCOC(=O)Cn1c(=NC(=O)c2ccn(CC)n2)sc2c(C)cc(C)cc21. The van der Waals surface area contributed by atoms with Gasteiger partial charge in [-0.15, -0.1) is 0 Å². The average molecular weight is 386 g/mol. The summed E-state index contributed by atoms with van der Waals surface area (Å²) in [6.45, 7) is 8.71. The Morgan fingerprint density at radius 2 is 2.04 bits per heavy atom. The first-order chi connectivity index (χ1) is 12.9. The lowest BCUT2D eigenvalue weighted by atomic mass is 10.1. The molecule has 0 aliphatic heterocycles. The Balaban J connectivity index is 2.13. The average Bonchev–Trinajstić information content (AvgIpc) is 3.22. The topological polar surface area (TPSA) is 78.5 Å². The Bertz CT molecular complexity index is 1070. The number of aromatic nitrogens is 3. The van der Waals surface area contributed by atoms with Crippen molar-refractivity contribution in [1.29, 1.82) is 0 Å². The molecule has 0 saturated carbocycles. The fourth-order valence-corrected chi connectivity index (χ4v) is 3.96. The van der Waals surface area contributed by atoms with Gasteiger partial charge in [0.05, 0.1) is 16.8 Å². The highest BCUT2D eigenvalue weighted by Gasteiger charge is 2.15. The minimum Gasteiger partial charge on any atom is -0.465 e. The zero-order valence-electron chi connectivity index (χ0n) is 15.9. The zero-order chi connectivity index (χ0) is 19.6. The predicted octanol–water partition coefficient (Wildman–Crippen LogP) is 2.84. The van der Waals surface area contributed by atoms with E-state index < -0.39 is 5.91 Å². The lowest BCUT2D eigenvalue weighted by Gasteiger charge is -2.06. The van der Waals surface area contributed by atoms with Crippen LogP contribution in [-0.2, 0) is 22.6 Å². The molecule has 3 aromatic rings. The normalized spacial score (nSPS) is 11.9. The molecule has 27 heavy (non-hydrogen) atoms. The maximum atomic E-state index is 12.6. The van der Waals surface area contributed by atoms with Crippen LogP contribution in [0.4, 0.5) is 0 Å². The van der Waals surface area contributed by atoms with Crippen LogP contribution in [0, 0.1) is 13.8 Å². The summed E-state index contributed by atoms with van der Waals surface area (Å²) >= 11 is 1.39. The van der Waals surface area contributed by atoms with Gasteiger partial charge in [0.2, 0.25) is 0 Å². The number of nitrogens with zero attached hydrogens (tertiary/aromatic N) is 4. The van der Waals surface area contributed by atoms with Gasteiger partial charge in [0.1, 0.15) is 6.54 Å². The number of hydrogen-bond donors (Lipinski definition) is 0. The van der Waals surface area contributed by atoms with Crippen LogP contribution >= 0.6 is 11.3 Å². The van der Waals surface area contributed by atoms with Crippen LogP contribution in [0.15, 0.2) is 29.4 Å². The molecule has 0 unspecified atom stereocenters. The molecular formula is C19H22N4O3S. The van der Waals surface area contributed by atoms with Crippen molar-refractivity contribution in [1.82, 2.24) is 14.3 Å². The second-order valence-electron chi connectivity index (χ2n) is 6.18. The van der Waals surface area contributed by atoms with Crippen molar-refractivity contribution in [2.45, 2.75) is 40.8 Å². The standard InChI is InChI=1S/C19H22N4O3S/c1-5-22-8-7-14(21-22)18(25)20-19-23(11-16(24)26-6-2)15-10-12(3)9-13(4)17(15)27-19/h7-10H,5-6,11H2,1-4H3. The fraction of sp³-hybridized carbons (Fsp3) is 0.368. The first-order valence-corrected chi connectivity index (χ1v) is 9.63. The summed E-state index contributed by atoms with van der Waals surface area (Å²) < 4.78 is 9.50. The number of amides is 1. The number of thiazole rings is 1. The minimum absolute atomic E-state index is 0.00620. The molecule has 2 aromatic heterocycles. The van der Waals surface area contributed by atoms with E-state index in [0.29, 0.717) is 18.0 Å². The molecule has 3 rings (SSSR count). The van der Waals surface area contributed by atoms with Gasteiger partial charge in [-0.2, -0.15) is 10.1 Å². The maximum Gasteiger partial charge on any atom is 0.326 e. The summed E-state index contributed by atoms with van der Waals surface area (Å²) in [6.07, 6.45) is 1.74. The molecule has 0 N–H and O–H groups in total. The second kappa shape index (κ2) is 7.87. The Kier molecular flexibility index (Phi) is 5.55. The summed E-state index contributed by atoms with van der Waals surface area (Å²) in [5.74, 6) is -0.791. The molecule has 0 aliphatic rings. The lowest BCUT2D eigenvalue weighted by Crippen LogP contribution is -2.23. The number of benzene rings is 1. The van der Waals surface area contributed by atoms with E-state index in [2.05, 4.69) is 16.2 Å².